The molecule has 0 aromatic carbocycles. The summed E-state index contributed by atoms with van der Waals surface area (Å²) in [7, 11) is 0. The number of hydrogen-bond donors (Lipinski definition) is 1. The predicted molar refractivity (Wildman–Crippen MR) is 65.3 cm³/mol. The number of hydrogen-bond acceptors (Lipinski definition) is 3. The van der Waals surface area contributed by atoms with E-state index in [9.17, 15) is 14.4 Å². The molecule has 1 aliphatic heterocycles. The fraction of sp³-hybridized carbons (Fsp3) is 0.750. The van der Waals surface area contributed by atoms with Crippen molar-refractivity contribution in [3.63, 3.8) is 0 Å². The van der Waals surface area contributed by atoms with E-state index < -0.39 is 17.7 Å². The molecule has 1 aliphatic rings. The lowest BCUT2D eigenvalue weighted by atomic mass is 10.1. The summed E-state index contributed by atoms with van der Waals surface area (Å²) >= 11 is 0. The number of carbonyl (C=O) groups is 3. The van der Waals surface area contributed by atoms with Crippen LogP contribution in [-0.4, -0.2) is 57.9 Å². The topological polar surface area (TPSA) is 77.9 Å². The van der Waals surface area contributed by atoms with Crippen molar-refractivity contribution in [2.24, 2.45) is 0 Å². The second-order valence-electron chi connectivity index (χ2n) is 5.47. The van der Waals surface area contributed by atoms with Gasteiger partial charge in [0.05, 0.1) is 6.04 Å². The summed E-state index contributed by atoms with van der Waals surface area (Å²) in [5, 5.41) is 9.11. The maximum Gasteiger partial charge on any atom is 0.408 e. The SMILES string of the molecule is CC(C)(C)N(CC(=O)N1CCC[C@H]1C=O)C(=O)O. The molecule has 18 heavy (non-hydrogen) atoms. The van der Waals surface area contributed by atoms with Gasteiger partial charge in [0.25, 0.3) is 0 Å². The van der Waals surface area contributed by atoms with E-state index in [1.54, 1.807) is 20.8 Å². The van der Waals surface area contributed by atoms with Gasteiger partial charge in [-0.2, -0.15) is 0 Å². The fourth-order valence-electron chi connectivity index (χ4n) is 2.06. The average molecular weight is 256 g/mol. The molecule has 1 atom stereocenters. The molecular formula is C12H20N2O4. The van der Waals surface area contributed by atoms with Crippen molar-refractivity contribution in [1.82, 2.24) is 9.80 Å². The minimum atomic E-state index is -1.13. The Labute approximate surface area is 107 Å². The molecule has 0 aromatic rings. The van der Waals surface area contributed by atoms with Gasteiger partial charge in [-0.25, -0.2) is 4.79 Å². The Hall–Kier alpha value is -1.59. The Kier molecular flexibility index (Phi) is 4.32. The number of carboxylic acid groups (broad SMARTS) is 1. The maximum atomic E-state index is 12.0. The number of amides is 2. The smallest absolute Gasteiger partial charge is 0.408 e. The van der Waals surface area contributed by atoms with Crippen LogP contribution in [-0.2, 0) is 9.59 Å². The highest BCUT2D eigenvalue weighted by molar-refractivity contribution is 5.84. The van der Waals surface area contributed by atoms with E-state index in [0.717, 1.165) is 17.6 Å². The molecule has 1 rings (SSSR count). The van der Waals surface area contributed by atoms with Crippen molar-refractivity contribution in [1.29, 1.82) is 0 Å². The highest BCUT2D eigenvalue weighted by Crippen LogP contribution is 2.18. The lowest BCUT2D eigenvalue weighted by Gasteiger charge is -2.34. The number of aldehydes is 1. The summed E-state index contributed by atoms with van der Waals surface area (Å²) in [6, 6.07) is -0.395. The molecule has 2 amide bonds. The summed E-state index contributed by atoms with van der Waals surface area (Å²) in [4.78, 5) is 36.5. The van der Waals surface area contributed by atoms with Crippen molar-refractivity contribution >= 4 is 18.3 Å². The van der Waals surface area contributed by atoms with Crippen molar-refractivity contribution in [2.75, 3.05) is 13.1 Å². The van der Waals surface area contributed by atoms with Crippen LogP contribution in [0.1, 0.15) is 33.6 Å². The van der Waals surface area contributed by atoms with E-state index in [4.69, 9.17) is 5.11 Å². The third-order valence-corrected chi connectivity index (χ3v) is 3.11. The van der Waals surface area contributed by atoms with Crippen molar-refractivity contribution in [3.05, 3.63) is 0 Å². The minimum absolute atomic E-state index is 0.205. The van der Waals surface area contributed by atoms with Crippen LogP contribution in [0.3, 0.4) is 0 Å². The Morgan fingerprint density at radius 1 is 1.44 bits per heavy atom. The summed E-state index contributed by atoms with van der Waals surface area (Å²) in [5.74, 6) is -0.304. The molecule has 0 aromatic heterocycles. The van der Waals surface area contributed by atoms with E-state index in [-0.39, 0.29) is 12.5 Å². The summed E-state index contributed by atoms with van der Waals surface area (Å²) < 4.78 is 0. The van der Waals surface area contributed by atoms with Gasteiger partial charge in [0.2, 0.25) is 5.91 Å². The first kappa shape index (κ1) is 14.5. The lowest BCUT2D eigenvalue weighted by Crippen LogP contribution is -2.51. The van der Waals surface area contributed by atoms with Gasteiger partial charge < -0.3 is 14.8 Å². The standard InChI is InChI=1S/C12H20N2O4/c1-12(2,3)14(11(17)18)7-10(16)13-6-4-5-9(13)8-15/h8-9H,4-7H2,1-3H3,(H,17,18)/t9-/m0/s1. The molecule has 102 valence electrons. The first-order valence-corrected chi connectivity index (χ1v) is 6.02. The van der Waals surface area contributed by atoms with E-state index in [0.29, 0.717) is 13.0 Å². The molecule has 0 spiro atoms. The normalized spacial score (nSPS) is 19.7. The third-order valence-electron chi connectivity index (χ3n) is 3.11. The minimum Gasteiger partial charge on any atom is -0.465 e. The second-order valence-corrected chi connectivity index (χ2v) is 5.47. The van der Waals surface area contributed by atoms with Crippen molar-refractivity contribution in [3.8, 4) is 0 Å². The summed E-state index contributed by atoms with van der Waals surface area (Å²) in [5.41, 5.74) is -0.641. The lowest BCUT2D eigenvalue weighted by molar-refractivity contribution is -0.136. The number of nitrogens with zero attached hydrogens (tertiary/aromatic N) is 2. The molecule has 1 heterocycles. The molecule has 6 nitrogen and oxygen atoms in total. The maximum absolute atomic E-state index is 12.0. The highest BCUT2D eigenvalue weighted by Gasteiger charge is 2.33. The Bertz CT molecular complexity index is 348. The Morgan fingerprint density at radius 3 is 2.50 bits per heavy atom. The van der Waals surface area contributed by atoms with Gasteiger partial charge in [0.1, 0.15) is 12.8 Å². The van der Waals surface area contributed by atoms with Crippen LogP contribution >= 0.6 is 0 Å². The number of rotatable bonds is 3. The largest absolute Gasteiger partial charge is 0.465 e. The van der Waals surface area contributed by atoms with Crippen LogP contribution in [0.5, 0.6) is 0 Å². The van der Waals surface area contributed by atoms with Gasteiger partial charge >= 0.3 is 6.09 Å². The summed E-state index contributed by atoms with van der Waals surface area (Å²) in [6.07, 6.45) is 1.08. The van der Waals surface area contributed by atoms with Gasteiger partial charge in [-0.3, -0.25) is 9.69 Å². The molecule has 0 aliphatic carbocycles. The van der Waals surface area contributed by atoms with Gasteiger partial charge in [0, 0.05) is 12.1 Å². The zero-order valence-electron chi connectivity index (χ0n) is 11.0. The van der Waals surface area contributed by atoms with Crippen LogP contribution in [0.4, 0.5) is 4.79 Å². The molecule has 1 N–H and O–H groups in total. The molecular weight excluding hydrogens is 236 g/mol. The quantitative estimate of drug-likeness (QED) is 0.763. The summed E-state index contributed by atoms with van der Waals surface area (Å²) in [6.45, 7) is 5.52. The highest BCUT2D eigenvalue weighted by atomic mass is 16.4. The first-order chi connectivity index (χ1) is 8.27. The van der Waals surface area contributed by atoms with Crippen LogP contribution in [0.15, 0.2) is 0 Å². The molecule has 6 heteroatoms. The van der Waals surface area contributed by atoms with E-state index in [1.807, 2.05) is 0 Å². The van der Waals surface area contributed by atoms with Crippen molar-refractivity contribution < 1.29 is 19.5 Å². The van der Waals surface area contributed by atoms with Crippen LogP contribution in [0, 0.1) is 0 Å². The molecule has 1 fully saturated rings. The third kappa shape index (κ3) is 3.21. The molecule has 1 saturated heterocycles. The zero-order chi connectivity index (χ0) is 13.9. The van der Waals surface area contributed by atoms with Crippen LogP contribution < -0.4 is 0 Å². The van der Waals surface area contributed by atoms with Crippen LogP contribution in [0.25, 0.3) is 0 Å². The Balaban J connectivity index is 2.73. The first-order valence-electron chi connectivity index (χ1n) is 6.02. The Morgan fingerprint density at radius 2 is 2.06 bits per heavy atom. The van der Waals surface area contributed by atoms with Crippen molar-refractivity contribution in [2.45, 2.75) is 45.2 Å². The predicted octanol–water partition coefficient (Wildman–Crippen LogP) is 0.955. The fourth-order valence-corrected chi connectivity index (χ4v) is 2.06. The molecule has 0 bridgehead atoms. The van der Waals surface area contributed by atoms with Crippen LogP contribution in [0.2, 0.25) is 0 Å². The van der Waals surface area contributed by atoms with Gasteiger partial charge in [-0.15, -0.1) is 0 Å². The zero-order valence-corrected chi connectivity index (χ0v) is 11.0. The molecule has 0 saturated carbocycles. The molecule has 0 radical (unpaired) electrons. The average Bonchev–Trinajstić information content (AvgIpc) is 2.71. The van der Waals surface area contributed by atoms with Gasteiger partial charge in [-0.1, -0.05) is 0 Å². The van der Waals surface area contributed by atoms with Gasteiger partial charge in [-0.05, 0) is 33.6 Å². The van der Waals surface area contributed by atoms with E-state index in [1.165, 1.54) is 4.90 Å². The second kappa shape index (κ2) is 5.37. The monoisotopic (exact) mass is 256 g/mol. The number of carbonyl (C=O) groups excluding carboxylic acids is 2. The van der Waals surface area contributed by atoms with Gasteiger partial charge in [0.15, 0.2) is 0 Å². The number of likely N-dealkylation sites (tertiary alicyclic amines) is 1. The molecule has 0 unspecified atom stereocenters. The van der Waals surface area contributed by atoms with E-state index >= 15 is 0 Å². The van der Waals surface area contributed by atoms with E-state index in [2.05, 4.69) is 0 Å².